The van der Waals surface area contributed by atoms with Crippen molar-refractivity contribution in [1.29, 1.82) is 0 Å². The van der Waals surface area contributed by atoms with E-state index < -0.39 is 62.3 Å². The first kappa shape index (κ1) is 96.4. The monoisotopic (exact) mass is 2030 g/mol. The van der Waals surface area contributed by atoms with Crippen LogP contribution in [0.3, 0.4) is 0 Å². The van der Waals surface area contributed by atoms with Crippen LogP contribution in [0.4, 0.5) is 17.1 Å². The maximum absolute atomic E-state index is 13.3. The number of amides is 1. The molecular weight excluding hydrogens is 1950 g/mol. The molecule has 2 atom stereocenters. The molecule has 0 saturated carbocycles. The SMILES string of the molecule is BrCc1ccccc1CBr.Cc1ccccc1C.Cc1sc2c(c1C)C(c1ccc(Cl)cc1)=N[C@@H](CC(=O)Nc1ccc3c(c1)CS(=O)(=O)C3)c1nnc(C)n1-2.Cc1sc2c(c1C)C(c1ccc(Cl)cc1)=N[C@@H](CC(=O)O)c1nnc(C)n1-2.Nc1ccc2c(c1)CS(=O)(=O)C2.O=S1(=O)Cc2ccccc2C1.O=[N+]([O-])c1ccc2c(c1)CS(=O)(=O)C2.c1ccc2c(c1)CSC2. The average molecular weight is 2040 g/mol. The summed E-state index contributed by atoms with van der Waals surface area (Å²) in [4.78, 5) is 47.0. The van der Waals surface area contributed by atoms with Crippen LogP contribution in [0, 0.1) is 65.5 Å². The van der Waals surface area contributed by atoms with E-state index in [1.54, 1.807) is 59.1 Å². The van der Waals surface area contributed by atoms with E-state index in [-0.39, 0.29) is 70.5 Å². The molecule has 670 valence electrons. The maximum Gasteiger partial charge on any atom is 0.306 e. The van der Waals surface area contributed by atoms with Crippen molar-refractivity contribution in [2.24, 2.45) is 9.98 Å². The first-order valence-electron chi connectivity index (χ1n) is 40.6. The van der Waals surface area contributed by atoms with Gasteiger partial charge in [-0.25, -0.2) is 33.7 Å². The fourth-order valence-corrected chi connectivity index (χ4v) is 26.5. The van der Waals surface area contributed by atoms with E-state index in [2.05, 4.69) is 172 Å². The van der Waals surface area contributed by atoms with Gasteiger partial charge in [0.15, 0.2) is 51.0 Å². The topological polar surface area (TPSA) is 358 Å². The van der Waals surface area contributed by atoms with Crippen molar-refractivity contribution in [3.63, 3.8) is 0 Å². The number of nitrogens with one attached hydrogen (secondary N) is 1. The van der Waals surface area contributed by atoms with Gasteiger partial charge in [0, 0.05) is 87.7 Å². The average Bonchev–Trinajstić information content (AvgIpc) is 1.59. The number of nitro benzene ring substituents is 1. The van der Waals surface area contributed by atoms with Crippen LogP contribution in [0.2, 0.25) is 10.0 Å². The Labute approximate surface area is 789 Å². The van der Waals surface area contributed by atoms with Crippen molar-refractivity contribution in [1.82, 2.24) is 29.5 Å². The number of sulfone groups is 4. The number of nitro groups is 1. The van der Waals surface area contributed by atoms with E-state index in [0.717, 1.165) is 110 Å². The third-order valence-corrected chi connectivity index (χ3v) is 33.3. The number of nitrogens with zero attached hydrogens (tertiary/aromatic N) is 9. The van der Waals surface area contributed by atoms with E-state index in [9.17, 15) is 58.5 Å². The second kappa shape index (κ2) is 41.5. The zero-order valence-corrected chi connectivity index (χ0v) is 81.8. The number of rotatable bonds is 10. The third kappa shape index (κ3) is 24.0. The lowest BCUT2D eigenvalue weighted by molar-refractivity contribution is -0.384. The number of carbonyl (C=O) groups excluding carboxylic acids is 1. The molecule has 0 saturated heterocycles. The third-order valence-electron chi connectivity index (χ3n) is 22.2. The molecule has 4 aromatic heterocycles. The van der Waals surface area contributed by atoms with Crippen LogP contribution in [-0.2, 0) is 117 Å². The number of aryl methyl sites for hydroxylation is 6. The lowest BCUT2D eigenvalue weighted by Crippen LogP contribution is -2.17. The van der Waals surface area contributed by atoms with Gasteiger partial charge in [0.25, 0.3) is 5.69 Å². The van der Waals surface area contributed by atoms with Crippen LogP contribution >= 0.6 is 89.5 Å². The lowest BCUT2D eigenvalue weighted by Gasteiger charge is -2.13. The summed E-state index contributed by atoms with van der Waals surface area (Å²) in [6, 6.07) is 61.4. The highest BCUT2D eigenvalue weighted by atomic mass is 79.9. The summed E-state index contributed by atoms with van der Waals surface area (Å²) in [6.45, 7) is 16.3. The van der Waals surface area contributed by atoms with Gasteiger partial charge < -0.3 is 16.2 Å². The summed E-state index contributed by atoms with van der Waals surface area (Å²) in [7, 11) is -11.9. The number of aromatic nitrogens is 6. The van der Waals surface area contributed by atoms with Crippen molar-refractivity contribution in [2.75, 3.05) is 11.1 Å². The molecule has 0 aliphatic carbocycles. The van der Waals surface area contributed by atoms with Crippen LogP contribution in [-0.4, -0.2) is 96.5 Å². The second-order valence-corrected chi connectivity index (χ2v) is 45.3. The number of nitrogens with two attached hydrogens (primary N) is 1. The number of carboxylic acid groups (broad SMARTS) is 1. The molecule has 11 heterocycles. The van der Waals surface area contributed by atoms with E-state index >= 15 is 0 Å². The number of fused-ring (bicyclic) bond motifs is 11. The smallest absolute Gasteiger partial charge is 0.306 e. The van der Waals surface area contributed by atoms with Gasteiger partial charge in [0.2, 0.25) is 5.91 Å². The predicted octanol–water partition coefficient (Wildman–Crippen LogP) is 20.6. The molecule has 20 rings (SSSR count). The van der Waals surface area contributed by atoms with Crippen molar-refractivity contribution in [3.05, 3.63) is 365 Å². The van der Waals surface area contributed by atoms with E-state index in [4.69, 9.17) is 38.9 Å². The zero-order valence-electron chi connectivity index (χ0n) is 71.4. The molecule has 0 unspecified atom stereocenters. The standard InChI is InChI=1S/C27H24ClN5O3S2.C19H17ClN4O2S.C8H8Br2.C8H7NO4S.C8H9NO2S.C8H8O2S.C8H8S.C8H10/c1-14-15(2)37-27-24(14)25(17-4-7-20(28)8-5-17)30-22(26-32-31-16(3)33(26)27)11-23(34)29-21-9-6-18-12-38(35,36)13-19(18)10-21;1-9-10(2)27-19-16(9)17(12-4-6-13(20)7-5-12)21-14(8-15(25)26)18-23-22-11(3)24(18)19;9-5-7-3-1-2-4-8(7)6-10;10-9(11)8-2-1-6-4-14(12,13)5-7(6)3-8;9-8-2-1-6-4-12(10,11)5-7(6)3-8;9-11(10)5-7-3-1-2-4-8(7)6-11;1-2-4-8-6-9-5-7(8)3-1;1-7-5-3-4-6-8(7)2/h4-10,22H,11-13H2,1-3H3,(H,29,34);4-7,14H,8H2,1-3H3,(H,25,26);1-4H,5-6H2;1-3H,4-5H2;1-3H,4-5,9H2;1-4H,5-6H2;1-4H,5-6H2;3-6H,1-2H3/t22-;14-;;;;;;/m00....../s1. The van der Waals surface area contributed by atoms with Crippen LogP contribution in [0.25, 0.3) is 10.0 Å². The predicted molar refractivity (Wildman–Crippen MR) is 523 cm³/mol. The zero-order chi connectivity index (χ0) is 92.6. The second-order valence-electron chi connectivity index (χ2n) is 31.7. The lowest BCUT2D eigenvalue weighted by atomic mass is 9.99. The number of thiophene rings is 2. The Balaban J connectivity index is 0.000000135. The van der Waals surface area contributed by atoms with Gasteiger partial charge in [-0.1, -0.05) is 195 Å². The highest BCUT2D eigenvalue weighted by molar-refractivity contribution is 9.09. The number of carboxylic acids is 1. The molecule has 1 amide bonds. The molecule has 35 heteroatoms. The van der Waals surface area contributed by atoms with Gasteiger partial charge in [-0.05, 0) is 193 Å². The normalized spacial score (nSPS) is 16.2. The Bertz CT molecular complexity index is 6920. The summed E-state index contributed by atoms with van der Waals surface area (Å²) in [5, 5.41) is 45.1. The number of thioether (sulfide) groups is 1. The molecule has 129 heavy (non-hydrogen) atoms. The number of carbonyl (C=O) groups is 2. The number of hydrogen-bond acceptors (Lipinski definition) is 22. The highest BCUT2D eigenvalue weighted by Crippen LogP contribution is 2.43. The summed E-state index contributed by atoms with van der Waals surface area (Å²) in [5.74, 6) is 4.58. The highest BCUT2D eigenvalue weighted by Gasteiger charge is 2.36. The maximum atomic E-state index is 13.3. The minimum absolute atomic E-state index is 0.000325. The van der Waals surface area contributed by atoms with Gasteiger partial charge in [-0.15, -0.1) is 43.1 Å². The van der Waals surface area contributed by atoms with Crippen molar-refractivity contribution < 1.29 is 53.3 Å². The fourth-order valence-electron chi connectivity index (χ4n) is 15.2. The molecule has 0 spiro atoms. The molecule has 13 aromatic rings. The first-order chi connectivity index (χ1) is 61.3. The summed E-state index contributed by atoms with van der Waals surface area (Å²) < 4.78 is 94.8. The number of hydrogen-bond donors (Lipinski definition) is 3. The molecule has 7 aliphatic heterocycles. The van der Waals surface area contributed by atoms with E-state index in [1.165, 1.54) is 72.8 Å². The quantitative estimate of drug-likeness (QED) is 0.0495. The number of anilines is 2. The number of aliphatic imine (C=N–C) groups is 2. The fraction of sp³-hybridized carbons (Fsp3) is 0.255. The Morgan fingerprint density at radius 1 is 0.473 bits per heavy atom. The minimum Gasteiger partial charge on any atom is -0.481 e. The molecule has 7 aliphatic rings. The molecule has 0 radical (unpaired) electrons. The Hall–Kier alpha value is -10.2. The van der Waals surface area contributed by atoms with Crippen LogP contribution in [0.5, 0.6) is 0 Å². The minimum atomic E-state index is -3.13. The molecule has 0 bridgehead atoms. The number of halogens is 4. The van der Waals surface area contributed by atoms with Crippen LogP contribution in [0.15, 0.2) is 210 Å². The van der Waals surface area contributed by atoms with Crippen molar-refractivity contribution in [3.8, 4) is 10.0 Å². The van der Waals surface area contributed by atoms with Crippen molar-refractivity contribution in [2.45, 2.75) is 149 Å². The molecule has 9 aromatic carbocycles. The van der Waals surface area contributed by atoms with Crippen molar-refractivity contribution >= 4 is 169 Å². The van der Waals surface area contributed by atoms with Gasteiger partial charge >= 0.3 is 5.97 Å². The number of nitrogen functional groups attached to an aromatic ring is 1. The Morgan fingerprint density at radius 3 is 1.25 bits per heavy atom. The summed E-state index contributed by atoms with van der Waals surface area (Å²) >= 11 is 24.4. The molecule has 0 fully saturated rings. The summed E-state index contributed by atoms with van der Waals surface area (Å²) in [6.07, 6.45) is -0.111. The van der Waals surface area contributed by atoms with E-state index in [0.29, 0.717) is 44.2 Å². The van der Waals surface area contributed by atoms with E-state index in [1.807, 2.05) is 108 Å². The number of aliphatic carboxylic acids is 1. The first-order valence-corrected chi connectivity index (χ1v) is 53.6. The van der Waals surface area contributed by atoms with Gasteiger partial charge in [-0.3, -0.25) is 38.8 Å². The number of benzene rings is 9. The summed E-state index contributed by atoms with van der Waals surface area (Å²) in [5.41, 5.74) is 29.2. The van der Waals surface area contributed by atoms with Crippen LogP contribution < -0.4 is 11.1 Å². The molecular formula is C94H91Br2Cl2N11O13S7. The largest absolute Gasteiger partial charge is 0.481 e. The Morgan fingerprint density at radius 2 is 0.837 bits per heavy atom. The molecule has 4 N–H and O–H groups in total. The molecule has 24 nitrogen and oxygen atoms in total. The van der Waals surface area contributed by atoms with Gasteiger partial charge in [0.05, 0.1) is 75.2 Å². The van der Waals surface area contributed by atoms with Gasteiger partial charge in [-0.2, -0.15) is 11.8 Å². The van der Waals surface area contributed by atoms with Crippen LogP contribution in [0.1, 0.15) is 169 Å². The van der Waals surface area contributed by atoms with Gasteiger partial charge in [0.1, 0.15) is 33.7 Å². The number of non-ortho nitro benzene ring substituents is 1. The number of alkyl halides is 2. The Kier molecular flexibility index (Phi) is 31.0.